The van der Waals surface area contributed by atoms with E-state index in [1.165, 1.54) is 12.8 Å². The Hall–Kier alpha value is -1.42. The monoisotopic (exact) mass is 261 g/mol. The molecule has 1 fully saturated rings. The minimum atomic E-state index is 0.0781. The van der Waals surface area contributed by atoms with Gasteiger partial charge in [0.05, 0.1) is 6.42 Å². The van der Waals surface area contributed by atoms with Gasteiger partial charge in [-0.25, -0.2) is 0 Å². The van der Waals surface area contributed by atoms with E-state index >= 15 is 0 Å². The molecule has 0 spiro atoms. The predicted molar refractivity (Wildman–Crippen MR) is 75.8 cm³/mol. The molecule has 4 nitrogen and oxygen atoms in total. The molecule has 0 radical (unpaired) electrons. The van der Waals surface area contributed by atoms with E-state index in [1.54, 1.807) is 12.4 Å². The number of nitrogens with one attached hydrogen (secondary N) is 2. The number of hydrogen-bond acceptors (Lipinski definition) is 3. The average molecular weight is 261 g/mol. The lowest BCUT2D eigenvalue weighted by molar-refractivity contribution is -0.120. The second kappa shape index (κ2) is 6.15. The Morgan fingerprint density at radius 3 is 2.89 bits per heavy atom. The standard InChI is InChI=1S/C15H23N3O/c1-15(2)6-3-7-17-13(15)11-18-14(19)10-12-4-8-16-9-5-12/h4-5,8-9,13,17H,3,6-7,10-11H2,1-2H3,(H,18,19). The zero-order valence-electron chi connectivity index (χ0n) is 11.8. The first-order valence-corrected chi connectivity index (χ1v) is 6.97. The van der Waals surface area contributed by atoms with Crippen LogP contribution in [0.2, 0.25) is 0 Å². The van der Waals surface area contributed by atoms with E-state index in [-0.39, 0.29) is 11.3 Å². The van der Waals surface area contributed by atoms with Crippen molar-refractivity contribution in [3.8, 4) is 0 Å². The summed E-state index contributed by atoms with van der Waals surface area (Å²) in [4.78, 5) is 15.9. The lowest BCUT2D eigenvalue weighted by Crippen LogP contribution is -2.52. The molecule has 1 aliphatic heterocycles. The largest absolute Gasteiger partial charge is 0.354 e. The van der Waals surface area contributed by atoms with Crippen molar-refractivity contribution in [2.75, 3.05) is 13.1 Å². The lowest BCUT2D eigenvalue weighted by atomic mass is 9.77. The summed E-state index contributed by atoms with van der Waals surface area (Å²) in [6.07, 6.45) is 6.29. The summed E-state index contributed by atoms with van der Waals surface area (Å²) < 4.78 is 0. The first-order valence-electron chi connectivity index (χ1n) is 6.97. The zero-order chi connectivity index (χ0) is 13.7. The van der Waals surface area contributed by atoms with E-state index in [9.17, 15) is 4.79 Å². The van der Waals surface area contributed by atoms with E-state index in [4.69, 9.17) is 0 Å². The molecule has 1 saturated heterocycles. The third-order valence-corrected chi connectivity index (χ3v) is 3.95. The van der Waals surface area contributed by atoms with Gasteiger partial charge in [0.25, 0.3) is 0 Å². The molecule has 2 N–H and O–H groups in total. The summed E-state index contributed by atoms with van der Waals surface area (Å²) in [6.45, 7) is 6.28. The molecule has 19 heavy (non-hydrogen) atoms. The summed E-state index contributed by atoms with van der Waals surface area (Å²) in [5, 5.41) is 6.54. The number of hydrogen-bond donors (Lipinski definition) is 2. The fraction of sp³-hybridized carbons (Fsp3) is 0.600. The highest BCUT2D eigenvalue weighted by molar-refractivity contribution is 5.78. The van der Waals surface area contributed by atoms with Gasteiger partial charge in [0.15, 0.2) is 0 Å². The highest BCUT2D eigenvalue weighted by Crippen LogP contribution is 2.29. The fourth-order valence-corrected chi connectivity index (χ4v) is 2.58. The third kappa shape index (κ3) is 4.03. The van der Waals surface area contributed by atoms with Crippen LogP contribution in [-0.4, -0.2) is 30.0 Å². The van der Waals surface area contributed by atoms with Gasteiger partial charge in [0.2, 0.25) is 5.91 Å². The van der Waals surface area contributed by atoms with Crippen molar-refractivity contribution < 1.29 is 4.79 Å². The van der Waals surface area contributed by atoms with Gasteiger partial charge in [0.1, 0.15) is 0 Å². The minimum Gasteiger partial charge on any atom is -0.354 e. The maximum absolute atomic E-state index is 11.9. The molecule has 1 amide bonds. The Bertz CT molecular complexity index is 417. The van der Waals surface area contributed by atoms with Crippen molar-refractivity contribution in [3.63, 3.8) is 0 Å². The number of aromatic nitrogens is 1. The van der Waals surface area contributed by atoms with Gasteiger partial charge >= 0.3 is 0 Å². The summed E-state index contributed by atoms with van der Waals surface area (Å²) >= 11 is 0. The fourth-order valence-electron chi connectivity index (χ4n) is 2.58. The first kappa shape index (κ1) is 14.0. The van der Waals surface area contributed by atoms with Crippen molar-refractivity contribution >= 4 is 5.91 Å². The van der Waals surface area contributed by atoms with Crippen LogP contribution < -0.4 is 10.6 Å². The Morgan fingerprint density at radius 1 is 1.47 bits per heavy atom. The van der Waals surface area contributed by atoms with Crippen LogP contribution in [0.5, 0.6) is 0 Å². The Kier molecular flexibility index (Phi) is 4.53. The van der Waals surface area contributed by atoms with Crippen molar-refractivity contribution in [2.45, 2.75) is 39.2 Å². The van der Waals surface area contributed by atoms with Crippen molar-refractivity contribution in [3.05, 3.63) is 30.1 Å². The smallest absolute Gasteiger partial charge is 0.224 e. The number of carbonyl (C=O) groups excluding carboxylic acids is 1. The van der Waals surface area contributed by atoms with Crippen LogP contribution >= 0.6 is 0 Å². The molecule has 0 saturated carbocycles. The number of piperidine rings is 1. The van der Waals surface area contributed by atoms with Crippen LogP contribution in [0.1, 0.15) is 32.3 Å². The number of nitrogens with zero attached hydrogens (tertiary/aromatic N) is 1. The Labute approximate surface area is 115 Å². The molecule has 104 valence electrons. The Morgan fingerprint density at radius 2 is 2.21 bits per heavy atom. The molecule has 0 bridgehead atoms. The summed E-state index contributed by atoms with van der Waals surface area (Å²) in [6, 6.07) is 4.12. The molecule has 2 rings (SSSR count). The van der Waals surface area contributed by atoms with Gasteiger partial charge in [-0.05, 0) is 42.5 Å². The molecule has 1 unspecified atom stereocenters. The van der Waals surface area contributed by atoms with Gasteiger partial charge in [0, 0.05) is 25.0 Å². The number of carbonyl (C=O) groups is 1. The van der Waals surface area contributed by atoms with Crippen LogP contribution in [-0.2, 0) is 11.2 Å². The molecular weight excluding hydrogens is 238 g/mol. The Balaban J connectivity index is 1.80. The number of pyridine rings is 1. The topological polar surface area (TPSA) is 54.0 Å². The van der Waals surface area contributed by atoms with E-state index in [1.807, 2.05) is 12.1 Å². The maximum atomic E-state index is 11.9. The van der Waals surface area contributed by atoms with Crippen LogP contribution in [0, 0.1) is 5.41 Å². The molecule has 0 aromatic carbocycles. The van der Waals surface area contributed by atoms with Crippen molar-refractivity contribution in [2.24, 2.45) is 5.41 Å². The predicted octanol–water partition coefficient (Wildman–Crippen LogP) is 1.52. The molecule has 2 heterocycles. The molecule has 1 aromatic rings. The zero-order valence-corrected chi connectivity index (χ0v) is 11.8. The van der Waals surface area contributed by atoms with Gasteiger partial charge in [-0.3, -0.25) is 9.78 Å². The number of amides is 1. The lowest BCUT2D eigenvalue weighted by Gasteiger charge is -2.39. The second-order valence-corrected chi connectivity index (χ2v) is 5.94. The van der Waals surface area contributed by atoms with Crippen molar-refractivity contribution in [1.29, 1.82) is 0 Å². The highest BCUT2D eigenvalue weighted by atomic mass is 16.1. The van der Waals surface area contributed by atoms with E-state index in [0.29, 0.717) is 19.0 Å². The normalized spacial score (nSPS) is 21.9. The SMILES string of the molecule is CC1(C)CCCNC1CNC(=O)Cc1ccncc1. The molecule has 4 heteroatoms. The second-order valence-electron chi connectivity index (χ2n) is 5.94. The average Bonchev–Trinajstić information content (AvgIpc) is 2.38. The van der Waals surface area contributed by atoms with Crippen LogP contribution in [0.3, 0.4) is 0 Å². The van der Waals surface area contributed by atoms with Gasteiger partial charge in [-0.15, -0.1) is 0 Å². The van der Waals surface area contributed by atoms with E-state index < -0.39 is 0 Å². The highest BCUT2D eigenvalue weighted by Gasteiger charge is 2.31. The van der Waals surface area contributed by atoms with Crippen LogP contribution in [0.15, 0.2) is 24.5 Å². The summed E-state index contributed by atoms with van der Waals surface area (Å²) in [5.74, 6) is 0.0781. The van der Waals surface area contributed by atoms with E-state index in [0.717, 1.165) is 12.1 Å². The van der Waals surface area contributed by atoms with Crippen LogP contribution in [0.25, 0.3) is 0 Å². The quantitative estimate of drug-likeness (QED) is 0.864. The molecular formula is C15H23N3O. The van der Waals surface area contributed by atoms with Crippen LogP contribution in [0.4, 0.5) is 0 Å². The summed E-state index contributed by atoms with van der Waals surface area (Å²) in [7, 11) is 0. The molecule has 0 aliphatic carbocycles. The van der Waals surface area contributed by atoms with E-state index in [2.05, 4.69) is 29.5 Å². The maximum Gasteiger partial charge on any atom is 0.224 e. The molecule has 1 aliphatic rings. The molecule has 1 atom stereocenters. The third-order valence-electron chi connectivity index (χ3n) is 3.95. The summed E-state index contributed by atoms with van der Waals surface area (Å²) in [5.41, 5.74) is 1.26. The molecule has 1 aromatic heterocycles. The van der Waals surface area contributed by atoms with Gasteiger partial charge in [-0.1, -0.05) is 13.8 Å². The first-order chi connectivity index (χ1) is 9.08. The van der Waals surface area contributed by atoms with Gasteiger partial charge < -0.3 is 10.6 Å². The van der Waals surface area contributed by atoms with Gasteiger partial charge in [-0.2, -0.15) is 0 Å². The minimum absolute atomic E-state index is 0.0781. The number of rotatable bonds is 4. The van der Waals surface area contributed by atoms with Crippen molar-refractivity contribution in [1.82, 2.24) is 15.6 Å².